The molecule has 0 radical (unpaired) electrons. The van der Waals surface area contributed by atoms with Gasteiger partial charge >= 0.3 is 5.97 Å². The van der Waals surface area contributed by atoms with Gasteiger partial charge in [-0.15, -0.1) is 0 Å². The van der Waals surface area contributed by atoms with Crippen LogP contribution in [0.15, 0.2) is 72.8 Å². The van der Waals surface area contributed by atoms with Crippen LogP contribution in [0.2, 0.25) is 0 Å². The molecule has 148 valence electrons. The van der Waals surface area contributed by atoms with E-state index in [0.717, 1.165) is 16.9 Å². The fraction of sp³-hybridized carbons (Fsp3) is 0.200. The molecule has 0 spiro atoms. The Morgan fingerprint density at radius 2 is 1.59 bits per heavy atom. The molecule has 3 rings (SSSR count). The lowest BCUT2D eigenvalue weighted by atomic mass is 10.0. The number of carbonyl (C=O) groups is 2. The first kappa shape index (κ1) is 20.3. The molecular formula is C25H24O4. The first-order chi connectivity index (χ1) is 14.1. The van der Waals surface area contributed by atoms with E-state index in [0.29, 0.717) is 29.9 Å². The molecule has 0 fully saturated rings. The second-order valence-corrected chi connectivity index (χ2v) is 6.73. The Labute approximate surface area is 171 Å². The second-order valence-electron chi connectivity index (χ2n) is 6.73. The van der Waals surface area contributed by atoms with Crippen LogP contribution in [0.1, 0.15) is 40.4 Å². The van der Waals surface area contributed by atoms with Crippen LogP contribution in [0.3, 0.4) is 0 Å². The normalized spacial score (nSPS) is 10.4. The molecule has 0 aromatic heterocycles. The highest BCUT2D eigenvalue weighted by Gasteiger charge is 2.13. The van der Waals surface area contributed by atoms with Crippen molar-refractivity contribution in [2.75, 3.05) is 6.61 Å². The molecule has 3 aromatic carbocycles. The van der Waals surface area contributed by atoms with E-state index in [-0.39, 0.29) is 18.2 Å². The standard InChI is InChI=1S/C25H24O4/c1-3-28-22-13-9-19(10-14-22)11-16-24(26)29-23-15-12-21(17-18(23)2)25(27)20-7-5-4-6-8-20/h4-10,12-15,17H,3,11,16H2,1-2H3. The summed E-state index contributed by atoms with van der Waals surface area (Å²) in [5.74, 6) is 0.942. The number of aryl methyl sites for hydroxylation is 2. The highest BCUT2D eigenvalue weighted by atomic mass is 16.5. The smallest absolute Gasteiger partial charge is 0.311 e. The van der Waals surface area contributed by atoms with Crippen molar-refractivity contribution < 1.29 is 19.1 Å². The van der Waals surface area contributed by atoms with Crippen molar-refractivity contribution in [3.05, 3.63) is 95.1 Å². The van der Waals surface area contributed by atoms with Crippen molar-refractivity contribution >= 4 is 11.8 Å². The van der Waals surface area contributed by atoms with Gasteiger partial charge in [-0.05, 0) is 61.7 Å². The topological polar surface area (TPSA) is 52.6 Å². The Balaban J connectivity index is 1.58. The minimum atomic E-state index is -0.302. The van der Waals surface area contributed by atoms with Crippen molar-refractivity contribution in [1.29, 1.82) is 0 Å². The number of hydrogen-bond donors (Lipinski definition) is 0. The summed E-state index contributed by atoms with van der Waals surface area (Å²) in [6, 6.07) is 21.9. The number of hydrogen-bond acceptors (Lipinski definition) is 4. The largest absolute Gasteiger partial charge is 0.494 e. The van der Waals surface area contributed by atoms with E-state index >= 15 is 0 Å². The van der Waals surface area contributed by atoms with Gasteiger partial charge in [0.05, 0.1) is 6.61 Å². The van der Waals surface area contributed by atoms with Gasteiger partial charge in [0.1, 0.15) is 11.5 Å². The first-order valence-corrected chi connectivity index (χ1v) is 9.69. The predicted octanol–water partition coefficient (Wildman–Crippen LogP) is 5.16. The molecule has 4 nitrogen and oxygen atoms in total. The van der Waals surface area contributed by atoms with Crippen LogP contribution < -0.4 is 9.47 Å². The Morgan fingerprint density at radius 3 is 2.24 bits per heavy atom. The minimum Gasteiger partial charge on any atom is -0.494 e. The van der Waals surface area contributed by atoms with Gasteiger partial charge in [-0.1, -0.05) is 42.5 Å². The number of carbonyl (C=O) groups excluding carboxylic acids is 2. The molecule has 0 unspecified atom stereocenters. The SMILES string of the molecule is CCOc1ccc(CCC(=O)Oc2ccc(C(=O)c3ccccc3)cc2C)cc1. The molecule has 3 aromatic rings. The van der Waals surface area contributed by atoms with Gasteiger partial charge in [0.25, 0.3) is 0 Å². The molecule has 0 atom stereocenters. The molecular weight excluding hydrogens is 364 g/mol. The van der Waals surface area contributed by atoms with E-state index in [9.17, 15) is 9.59 Å². The summed E-state index contributed by atoms with van der Waals surface area (Å²) in [6.45, 7) is 4.40. The average Bonchev–Trinajstić information content (AvgIpc) is 2.75. The first-order valence-electron chi connectivity index (χ1n) is 9.69. The molecule has 0 saturated carbocycles. The molecule has 0 saturated heterocycles. The van der Waals surface area contributed by atoms with Gasteiger partial charge in [-0.2, -0.15) is 0 Å². The number of esters is 1. The fourth-order valence-electron chi connectivity index (χ4n) is 3.00. The summed E-state index contributed by atoms with van der Waals surface area (Å²) < 4.78 is 10.9. The van der Waals surface area contributed by atoms with E-state index in [4.69, 9.17) is 9.47 Å². The van der Waals surface area contributed by atoms with E-state index in [1.54, 1.807) is 30.3 Å². The summed E-state index contributed by atoms with van der Waals surface area (Å²) in [5.41, 5.74) is 3.00. The molecule has 4 heteroatoms. The maximum absolute atomic E-state index is 12.5. The van der Waals surface area contributed by atoms with Crippen molar-refractivity contribution in [2.24, 2.45) is 0 Å². The van der Waals surface area contributed by atoms with Gasteiger partial charge < -0.3 is 9.47 Å². The summed E-state index contributed by atoms with van der Waals surface area (Å²) in [7, 11) is 0. The van der Waals surface area contributed by atoms with Crippen molar-refractivity contribution in [1.82, 2.24) is 0 Å². The van der Waals surface area contributed by atoms with E-state index in [1.165, 1.54) is 0 Å². The Hall–Kier alpha value is -3.40. The molecule has 0 bridgehead atoms. The molecule has 29 heavy (non-hydrogen) atoms. The molecule has 0 heterocycles. The van der Waals surface area contributed by atoms with Crippen LogP contribution >= 0.6 is 0 Å². The van der Waals surface area contributed by atoms with E-state index in [2.05, 4.69) is 0 Å². The lowest BCUT2D eigenvalue weighted by Crippen LogP contribution is -2.10. The number of rotatable bonds is 8. The van der Waals surface area contributed by atoms with Crippen molar-refractivity contribution in [3.8, 4) is 11.5 Å². The maximum Gasteiger partial charge on any atom is 0.311 e. The fourth-order valence-corrected chi connectivity index (χ4v) is 3.00. The molecule has 0 aliphatic rings. The zero-order chi connectivity index (χ0) is 20.6. The molecule has 0 aliphatic carbocycles. The minimum absolute atomic E-state index is 0.0536. The number of ether oxygens (including phenoxy) is 2. The summed E-state index contributed by atoms with van der Waals surface area (Å²) >= 11 is 0. The molecule has 0 N–H and O–H groups in total. The summed E-state index contributed by atoms with van der Waals surface area (Å²) in [5, 5.41) is 0. The second kappa shape index (κ2) is 9.69. The third-order valence-electron chi connectivity index (χ3n) is 4.55. The average molecular weight is 388 g/mol. The third kappa shape index (κ3) is 5.55. The van der Waals surface area contributed by atoms with Gasteiger partial charge in [0.15, 0.2) is 5.78 Å². The lowest BCUT2D eigenvalue weighted by Gasteiger charge is -2.10. The Kier molecular flexibility index (Phi) is 6.80. The van der Waals surface area contributed by atoms with Crippen LogP contribution in [-0.2, 0) is 11.2 Å². The van der Waals surface area contributed by atoms with Crippen molar-refractivity contribution in [3.63, 3.8) is 0 Å². The van der Waals surface area contributed by atoms with Gasteiger partial charge in [-0.25, -0.2) is 0 Å². The quantitative estimate of drug-likeness (QED) is 0.304. The monoisotopic (exact) mass is 388 g/mol. The number of benzene rings is 3. The number of ketones is 1. The van der Waals surface area contributed by atoms with Crippen molar-refractivity contribution in [2.45, 2.75) is 26.7 Å². The van der Waals surface area contributed by atoms with Crippen LogP contribution in [0.25, 0.3) is 0 Å². The summed E-state index contributed by atoms with van der Waals surface area (Å²) in [4.78, 5) is 24.8. The summed E-state index contributed by atoms with van der Waals surface area (Å²) in [6.07, 6.45) is 0.868. The van der Waals surface area contributed by atoms with Gasteiger partial charge in [-0.3, -0.25) is 9.59 Å². The van der Waals surface area contributed by atoms with Crippen LogP contribution in [0.5, 0.6) is 11.5 Å². The van der Waals surface area contributed by atoms with E-state index < -0.39 is 0 Å². The maximum atomic E-state index is 12.5. The Bertz CT molecular complexity index is 975. The van der Waals surface area contributed by atoms with Crippen LogP contribution in [0, 0.1) is 6.92 Å². The van der Waals surface area contributed by atoms with Crippen LogP contribution in [-0.4, -0.2) is 18.4 Å². The Morgan fingerprint density at radius 1 is 0.862 bits per heavy atom. The van der Waals surface area contributed by atoms with Crippen LogP contribution in [0.4, 0.5) is 0 Å². The third-order valence-corrected chi connectivity index (χ3v) is 4.55. The molecule has 0 aliphatic heterocycles. The van der Waals surface area contributed by atoms with E-state index in [1.807, 2.05) is 56.3 Å². The van der Waals surface area contributed by atoms with Gasteiger partial charge in [0.2, 0.25) is 0 Å². The zero-order valence-corrected chi connectivity index (χ0v) is 16.7. The molecule has 0 amide bonds. The highest BCUT2D eigenvalue weighted by Crippen LogP contribution is 2.22. The predicted molar refractivity (Wildman–Crippen MR) is 113 cm³/mol. The lowest BCUT2D eigenvalue weighted by molar-refractivity contribution is -0.134. The van der Waals surface area contributed by atoms with Gasteiger partial charge in [0, 0.05) is 17.5 Å². The zero-order valence-electron chi connectivity index (χ0n) is 16.7. The highest BCUT2D eigenvalue weighted by molar-refractivity contribution is 6.09.